The number of nitrogens with one attached hydrogen (secondary N) is 2. The lowest BCUT2D eigenvalue weighted by Crippen LogP contribution is -2.50. The van der Waals surface area contributed by atoms with Gasteiger partial charge in [-0.1, -0.05) is 20.8 Å². The number of fused-ring (bicyclic) bond motifs is 2. The fourth-order valence-electron chi connectivity index (χ4n) is 3.93. The molecular weight excluding hydrogens is 242 g/mol. The minimum Gasteiger partial charge on any atom is -0.370 e. The molecule has 2 aliphatic rings. The molecule has 19 heavy (non-hydrogen) atoms. The molecule has 4 N–H and O–H groups in total. The Balaban J connectivity index is 1.88. The molecule has 108 valence electrons. The van der Waals surface area contributed by atoms with Gasteiger partial charge in [-0.15, -0.1) is 0 Å². The molecule has 0 radical (unpaired) electrons. The van der Waals surface area contributed by atoms with Crippen LogP contribution >= 0.6 is 0 Å². The van der Waals surface area contributed by atoms with Gasteiger partial charge in [0.1, 0.15) is 0 Å². The molecule has 3 unspecified atom stereocenters. The van der Waals surface area contributed by atoms with Gasteiger partial charge in [0.2, 0.25) is 5.91 Å². The number of primary amides is 1. The number of urea groups is 1. The Labute approximate surface area is 114 Å². The van der Waals surface area contributed by atoms with Gasteiger partial charge in [-0.3, -0.25) is 4.79 Å². The predicted molar refractivity (Wildman–Crippen MR) is 73.4 cm³/mol. The van der Waals surface area contributed by atoms with Crippen molar-refractivity contribution in [3.8, 4) is 0 Å². The highest BCUT2D eigenvalue weighted by atomic mass is 16.2. The fourth-order valence-corrected chi connectivity index (χ4v) is 3.93. The van der Waals surface area contributed by atoms with Crippen molar-refractivity contribution in [3.63, 3.8) is 0 Å². The monoisotopic (exact) mass is 267 g/mol. The lowest BCUT2D eigenvalue weighted by Gasteiger charge is -2.39. The van der Waals surface area contributed by atoms with E-state index in [0.29, 0.717) is 12.5 Å². The molecule has 0 saturated heterocycles. The standard InChI is InChI=1S/C14H25N3O2/c1-13(2)9-4-6-14(13,3)10(8-9)17-12(19)16-7-5-11(15)18/h9-10H,4-8H2,1-3H3,(H2,15,18)(H2,16,17,19). The third kappa shape index (κ3) is 2.30. The quantitative estimate of drug-likeness (QED) is 0.719. The smallest absolute Gasteiger partial charge is 0.315 e. The summed E-state index contributed by atoms with van der Waals surface area (Å²) in [6.07, 6.45) is 3.69. The molecule has 0 aromatic rings. The Morgan fingerprint density at radius 3 is 2.47 bits per heavy atom. The first-order valence-electron chi connectivity index (χ1n) is 7.10. The van der Waals surface area contributed by atoms with E-state index < -0.39 is 5.91 Å². The van der Waals surface area contributed by atoms with Gasteiger partial charge in [0.15, 0.2) is 0 Å². The van der Waals surface area contributed by atoms with E-state index in [1.807, 2.05) is 0 Å². The zero-order valence-corrected chi connectivity index (χ0v) is 12.1. The topological polar surface area (TPSA) is 84.2 Å². The highest BCUT2D eigenvalue weighted by molar-refractivity contribution is 5.77. The number of rotatable bonds is 4. The second kappa shape index (κ2) is 4.69. The van der Waals surface area contributed by atoms with Crippen LogP contribution in [0.1, 0.15) is 46.5 Å². The fraction of sp³-hybridized carbons (Fsp3) is 0.857. The minimum atomic E-state index is -0.395. The number of nitrogens with two attached hydrogens (primary N) is 1. The lowest BCUT2D eigenvalue weighted by molar-refractivity contribution is -0.117. The van der Waals surface area contributed by atoms with E-state index in [9.17, 15) is 9.59 Å². The molecular formula is C14H25N3O2. The molecule has 2 rings (SSSR count). The van der Waals surface area contributed by atoms with Crippen LogP contribution in [0.25, 0.3) is 0 Å². The van der Waals surface area contributed by atoms with E-state index in [4.69, 9.17) is 5.73 Å². The average molecular weight is 267 g/mol. The van der Waals surface area contributed by atoms with Crippen molar-refractivity contribution < 1.29 is 9.59 Å². The minimum absolute atomic E-state index is 0.179. The van der Waals surface area contributed by atoms with Gasteiger partial charge in [-0.05, 0) is 36.0 Å². The Bertz CT molecular complexity index is 394. The molecule has 2 saturated carbocycles. The van der Waals surface area contributed by atoms with Crippen LogP contribution in [0.4, 0.5) is 4.79 Å². The molecule has 0 heterocycles. The van der Waals surface area contributed by atoms with E-state index >= 15 is 0 Å². The highest BCUT2D eigenvalue weighted by Crippen LogP contribution is 2.65. The molecule has 3 atom stereocenters. The maximum absolute atomic E-state index is 11.8. The molecule has 0 spiro atoms. The van der Waals surface area contributed by atoms with Crippen molar-refractivity contribution in [2.45, 2.75) is 52.5 Å². The summed E-state index contributed by atoms with van der Waals surface area (Å²) in [7, 11) is 0. The zero-order chi connectivity index (χ0) is 14.3. The lowest BCUT2D eigenvalue weighted by atomic mass is 9.69. The number of amides is 3. The Hall–Kier alpha value is -1.26. The van der Waals surface area contributed by atoms with Crippen LogP contribution in [0.2, 0.25) is 0 Å². The van der Waals surface area contributed by atoms with Crippen LogP contribution in [-0.4, -0.2) is 24.5 Å². The molecule has 3 amide bonds. The SMILES string of the molecule is CC1(C)C2CCC1(C)C(NC(=O)NCCC(N)=O)C2. The second-order valence-electron chi connectivity index (χ2n) is 6.78. The third-order valence-electron chi connectivity index (χ3n) is 5.76. The number of hydrogen-bond acceptors (Lipinski definition) is 2. The van der Waals surface area contributed by atoms with Crippen molar-refractivity contribution in [1.82, 2.24) is 10.6 Å². The highest BCUT2D eigenvalue weighted by Gasteiger charge is 2.61. The second-order valence-corrected chi connectivity index (χ2v) is 6.78. The number of carbonyl (C=O) groups is 2. The van der Waals surface area contributed by atoms with E-state index in [1.165, 1.54) is 12.8 Å². The normalized spacial score (nSPS) is 35.1. The number of hydrogen-bond donors (Lipinski definition) is 3. The maximum atomic E-state index is 11.8. The van der Waals surface area contributed by atoms with E-state index in [2.05, 4.69) is 31.4 Å². The van der Waals surface area contributed by atoms with Crippen LogP contribution < -0.4 is 16.4 Å². The summed E-state index contributed by atoms with van der Waals surface area (Å²) >= 11 is 0. The van der Waals surface area contributed by atoms with Crippen LogP contribution in [-0.2, 0) is 4.79 Å². The Morgan fingerprint density at radius 1 is 1.32 bits per heavy atom. The molecule has 0 aromatic carbocycles. The maximum Gasteiger partial charge on any atom is 0.315 e. The largest absolute Gasteiger partial charge is 0.370 e. The first kappa shape index (κ1) is 14.2. The van der Waals surface area contributed by atoms with Gasteiger partial charge >= 0.3 is 6.03 Å². The van der Waals surface area contributed by atoms with Gasteiger partial charge in [0.25, 0.3) is 0 Å². The van der Waals surface area contributed by atoms with Gasteiger partial charge in [0, 0.05) is 19.0 Å². The van der Waals surface area contributed by atoms with E-state index in [-0.39, 0.29) is 29.3 Å². The molecule has 5 heteroatoms. The average Bonchev–Trinajstić information content (AvgIpc) is 2.61. The van der Waals surface area contributed by atoms with E-state index in [0.717, 1.165) is 6.42 Å². The summed E-state index contributed by atoms with van der Waals surface area (Å²) in [4.78, 5) is 22.5. The third-order valence-corrected chi connectivity index (χ3v) is 5.76. The van der Waals surface area contributed by atoms with Crippen LogP contribution in [0.15, 0.2) is 0 Å². The summed E-state index contributed by atoms with van der Waals surface area (Å²) in [6, 6.07) is 0.0469. The van der Waals surface area contributed by atoms with Gasteiger partial charge in [-0.2, -0.15) is 0 Å². The molecule has 2 bridgehead atoms. The molecule has 0 aromatic heterocycles. The molecule has 2 fully saturated rings. The van der Waals surface area contributed by atoms with Crippen molar-refractivity contribution in [3.05, 3.63) is 0 Å². The predicted octanol–water partition coefficient (Wildman–Crippen LogP) is 1.38. The van der Waals surface area contributed by atoms with Crippen LogP contribution in [0, 0.1) is 16.7 Å². The summed E-state index contributed by atoms with van der Waals surface area (Å²) in [5.74, 6) is 0.307. The van der Waals surface area contributed by atoms with Crippen molar-refractivity contribution >= 4 is 11.9 Å². The van der Waals surface area contributed by atoms with Gasteiger partial charge in [0.05, 0.1) is 0 Å². The van der Waals surface area contributed by atoms with Gasteiger partial charge in [-0.25, -0.2) is 4.79 Å². The van der Waals surface area contributed by atoms with Crippen molar-refractivity contribution in [2.75, 3.05) is 6.54 Å². The zero-order valence-electron chi connectivity index (χ0n) is 12.1. The first-order chi connectivity index (χ1) is 8.77. The molecule has 5 nitrogen and oxygen atoms in total. The first-order valence-corrected chi connectivity index (χ1v) is 7.10. The van der Waals surface area contributed by atoms with Crippen LogP contribution in [0.3, 0.4) is 0 Å². The number of carbonyl (C=O) groups excluding carboxylic acids is 2. The Morgan fingerprint density at radius 2 is 2.00 bits per heavy atom. The summed E-state index contributed by atoms with van der Waals surface area (Å²) in [5.41, 5.74) is 5.51. The molecule has 2 aliphatic carbocycles. The summed E-state index contributed by atoms with van der Waals surface area (Å²) in [6.45, 7) is 7.22. The van der Waals surface area contributed by atoms with Crippen molar-refractivity contribution in [2.24, 2.45) is 22.5 Å². The van der Waals surface area contributed by atoms with E-state index in [1.54, 1.807) is 0 Å². The Kier molecular flexibility index (Phi) is 3.49. The van der Waals surface area contributed by atoms with Gasteiger partial charge < -0.3 is 16.4 Å². The van der Waals surface area contributed by atoms with Crippen molar-refractivity contribution in [1.29, 1.82) is 0 Å². The summed E-state index contributed by atoms with van der Waals surface area (Å²) in [5, 5.41) is 5.77. The van der Waals surface area contributed by atoms with Crippen LogP contribution in [0.5, 0.6) is 0 Å². The molecule has 0 aliphatic heterocycles. The summed E-state index contributed by atoms with van der Waals surface area (Å²) < 4.78 is 0.